The Kier molecular flexibility index (Phi) is 3.59. The van der Waals surface area contributed by atoms with Crippen molar-refractivity contribution in [2.24, 2.45) is 7.05 Å². The molecule has 1 aliphatic rings. The fraction of sp³-hybridized carbons (Fsp3) is 0.538. The summed E-state index contributed by atoms with van der Waals surface area (Å²) in [5, 5.41) is 0. The second-order valence-electron chi connectivity index (χ2n) is 5.15. The molecule has 0 unspecified atom stereocenters. The van der Waals surface area contributed by atoms with E-state index in [0.717, 1.165) is 19.9 Å². The Bertz CT molecular complexity index is 766. The standard InChI is InChI=1S/C13H13F3N4O2/c1-20-11(21)9-8(18-12(20)13(14,15)16)6-17-10(19-9)7-2-4-22-5-3-7/h6-7H,2-5H2,1H3. The van der Waals surface area contributed by atoms with Gasteiger partial charge in [-0.1, -0.05) is 0 Å². The summed E-state index contributed by atoms with van der Waals surface area (Å²) < 4.78 is 44.3. The van der Waals surface area contributed by atoms with Crippen LogP contribution < -0.4 is 5.56 Å². The molecule has 0 amide bonds. The van der Waals surface area contributed by atoms with Crippen LogP contribution in [0.3, 0.4) is 0 Å². The van der Waals surface area contributed by atoms with Gasteiger partial charge >= 0.3 is 6.18 Å². The number of ether oxygens (including phenoxy) is 1. The second kappa shape index (κ2) is 5.31. The minimum absolute atomic E-state index is 0.0464. The van der Waals surface area contributed by atoms with Gasteiger partial charge in [-0.3, -0.25) is 9.36 Å². The number of alkyl halides is 3. The van der Waals surface area contributed by atoms with Crippen LogP contribution in [0.2, 0.25) is 0 Å². The van der Waals surface area contributed by atoms with E-state index in [9.17, 15) is 18.0 Å². The summed E-state index contributed by atoms with van der Waals surface area (Å²) in [4.78, 5) is 23.9. The highest BCUT2D eigenvalue weighted by atomic mass is 19.4. The van der Waals surface area contributed by atoms with Gasteiger partial charge < -0.3 is 4.74 Å². The Balaban J connectivity index is 2.13. The fourth-order valence-corrected chi connectivity index (χ4v) is 2.48. The third kappa shape index (κ3) is 2.56. The molecule has 1 saturated heterocycles. The minimum atomic E-state index is -4.71. The molecule has 0 aromatic carbocycles. The molecule has 9 heteroatoms. The van der Waals surface area contributed by atoms with Crippen LogP contribution in [0, 0.1) is 0 Å². The van der Waals surface area contributed by atoms with Gasteiger partial charge in [0.2, 0.25) is 5.82 Å². The Labute approximate surface area is 123 Å². The van der Waals surface area contributed by atoms with Crippen molar-refractivity contribution in [3.8, 4) is 0 Å². The Morgan fingerprint density at radius 1 is 1.27 bits per heavy atom. The predicted octanol–water partition coefficient (Wildman–Crippen LogP) is 1.64. The molecule has 0 aliphatic carbocycles. The molecule has 0 saturated carbocycles. The van der Waals surface area contributed by atoms with Crippen molar-refractivity contribution in [1.82, 2.24) is 19.5 Å². The van der Waals surface area contributed by atoms with Gasteiger partial charge in [0, 0.05) is 26.2 Å². The molecule has 0 N–H and O–H groups in total. The largest absolute Gasteiger partial charge is 0.449 e. The Morgan fingerprint density at radius 3 is 2.59 bits per heavy atom. The van der Waals surface area contributed by atoms with Crippen LogP contribution in [0.4, 0.5) is 13.2 Å². The normalized spacial score (nSPS) is 17.1. The molecular formula is C13H13F3N4O2. The first kappa shape index (κ1) is 14.9. The molecule has 22 heavy (non-hydrogen) atoms. The minimum Gasteiger partial charge on any atom is -0.381 e. The van der Waals surface area contributed by atoms with Gasteiger partial charge in [-0.25, -0.2) is 15.0 Å². The quantitative estimate of drug-likeness (QED) is 0.800. The highest BCUT2D eigenvalue weighted by Crippen LogP contribution is 2.28. The van der Waals surface area contributed by atoms with Crippen LogP contribution in [-0.2, 0) is 18.0 Å². The van der Waals surface area contributed by atoms with Crippen LogP contribution >= 0.6 is 0 Å². The number of aromatic nitrogens is 4. The third-order valence-corrected chi connectivity index (χ3v) is 3.68. The summed E-state index contributed by atoms with van der Waals surface area (Å²) in [6.45, 7) is 1.16. The molecule has 1 fully saturated rings. The number of nitrogens with zero attached hydrogens (tertiary/aromatic N) is 4. The topological polar surface area (TPSA) is 69.9 Å². The van der Waals surface area contributed by atoms with Crippen LogP contribution in [0.25, 0.3) is 11.0 Å². The first-order chi connectivity index (χ1) is 10.4. The molecule has 0 atom stereocenters. The van der Waals surface area contributed by atoms with Gasteiger partial charge in [-0.15, -0.1) is 0 Å². The first-order valence-corrected chi connectivity index (χ1v) is 6.76. The van der Waals surface area contributed by atoms with Gasteiger partial charge in [0.15, 0.2) is 5.52 Å². The van der Waals surface area contributed by atoms with Crippen molar-refractivity contribution >= 4 is 11.0 Å². The van der Waals surface area contributed by atoms with Gasteiger partial charge in [-0.05, 0) is 12.8 Å². The number of halogens is 3. The second-order valence-corrected chi connectivity index (χ2v) is 5.15. The number of hydrogen-bond acceptors (Lipinski definition) is 5. The van der Waals surface area contributed by atoms with E-state index in [0.29, 0.717) is 23.6 Å². The monoisotopic (exact) mass is 314 g/mol. The summed E-state index contributed by atoms with van der Waals surface area (Å²) in [7, 11) is 1.04. The van der Waals surface area contributed by atoms with Crippen LogP contribution in [-0.4, -0.2) is 32.7 Å². The lowest BCUT2D eigenvalue weighted by Crippen LogP contribution is -2.28. The van der Waals surface area contributed by atoms with E-state index >= 15 is 0 Å². The zero-order valence-corrected chi connectivity index (χ0v) is 11.7. The van der Waals surface area contributed by atoms with E-state index in [-0.39, 0.29) is 17.0 Å². The van der Waals surface area contributed by atoms with E-state index in [1.807, 2.05) is 0 Å². The molecule has 1 aliphatic heterocycles. The molecule has 2 aromatic rings. The molecule has 0 spiro atoms. The van der Waals surface area contributed by atoms with Crippen molar-refractivity contribution in [1.29, 1.82) is 0 Å². The first-order valence-electron chi connectivity index (χ1n) is 6.76. The fourth-order valence-electron chi connectivity index (χ4n) is 2.48. The van der Waals surface area contributed by atoms with Crippen LogP contribution in [0.5, 0.6) is 0 Å². The third-order valence-electron chi connectivity index (χ3n) is 3.68. The van der Waals surface area contributed by atoms with Crippen molar-refractivity contribution in [3.63, 3.8) is 0 Å². The number of rotatable bonds is 1. The van der Waals surface area contributed by atoms with Crippen LogP contribution in [0.15, 0.2) is 11.0 Å². The van der Waals surface area contributed by atoms with E-state index in [1.54, 1.807) is 0 Å². The zero-order chi connectivity index (χ0) is 15.9. The van der Waals surface area contributed by atoms with Gasteiger partial charge in [0.25, 0.3) is 5.56 Å². The lowest BCUT2D eigenvalue weighted by atomic mass is 9.99. The van der Waals surface area contributed by atoms with Gasteiger partial charge in [-0.2, -0.15) is 13.2 Å². The van der Waals surface area contributed by atoms with Gasteiger partial charge in [0.05, 0.1) is 6.20 Å². The van der Waals surface area contributed by atoms with E-state index in [2.05, 4.69) is 15.0 Å². The summed E-state index contributed by atoms with van der Waals surface area (Å²) in [6, 6.07) is 0. The maximum absolute atomic E-state index is 12.8. The smallest absolute Gasteiger partial charge is 0.381 e. The molecule has 0 radical (unpaired) electrons. The Hall–Kier alpha value is -2.03. The van der Waals surface area contributed by atoms with E-state index in [1.165, 1.54) is 6.20 Å². The van der Waals surface area contributed by atoms with Crippen LogP contribution in [0.1, 0.15) is 30.4 Å². The molecule has 118 valence electrons. The van der Waals surface area contributed by atoms with Gasteiger partial charge in [0.1, 0.15) is 11.3 Å². The van der Waals surface area contributed by atoms with Crippen molar-refractivity contribution in [2.75, 3.05) is 13.2 Å². The highest BCUT2D eigenvalue weighted by Gasteiger charge is 2.36. The highest BCUT2D eigenvalue weighted by molar-refractivity contribution is 5.71. The number of fused-ring (bicyclic) bond motifs is 1. The summed E-state index contributed by atoms with van der Waals surface area (Å²) in [5.41, 5.74) is -1.06. The van der Waals surface area contributed by atoms with Crippen molar-refractivity contribution in [3.05, 3.63) is 28.2 Å². The summed E-state index contributed by atoms with van der Waals surface area (Å²) in [5.74, 6) is -0.757. The van der Waals surface area contributed by atoms with Crippen molar-refractivity contribution in [2.45, 2.75) is 24.9 Å². The SMILES string of the molecule is Cn1c(C(F)(F)F)nc2cnc(C3CCOCC3)nc2c1=O. The molecule has 0 bridgehead atoms. The Morgan fingerprint density at radius 2 is 1.95 bits per heavy atom. The average Bonchev–Trinajstić information content (AvgIpc) is 2.50. The van der Waals surface area contributed by atoms with Crippen molar-refractivity contribution < 1.29 is 17.9 Å². The summed E-state index contributed by atoms with van der Waals surface area (Å²) in [6.07, 6.45) is -2.08. The lowest BCUT2D eigenvalue weighted by Gasteiger charge is -2.20. The molecule has 6 nitrogen and oxygen atoms in total. The molecule has 3 heterocycles. The molecular weight excluding hydrogens is 301 g/mol. The van der Waals surface area contributed by atoms with E-state index in [4.69, 9.17) is 4.74 Å². The molecule has 3 rings (SSSR count). The lowest BCUT2D eigenvalue weighted by molar-refractivity contribution is -0.147. The maximum atomic E-state index is 12.8. The number of hydrogen-bond donors (Lipinski definition) is 0. The predicted molar refractivity (Wildman–Crippen MR) is 70.4 cm³/mol. The average molecular weight is 314 g/mol. The zero-order valence-electron chi connectivity index (χ0n) is 11.7. The molecule has 2 aromatic heterocycles. The van der Waals surface area contributed by atoms with E-state index < -0.39 is 17.6 Å². The maximum Gasteiger partial charge on any atom is 0.449 e. The summed E-state index contributed by atoms with van der Waals surface area (Å²) >= 11 is 0.